The van der Waals surface area contributed by atoms with Gasteiger partial charge in [-0.3, -0.25) is 0 Å². The Labute approximate surface area is 44.4 Å². The third-order valence-electron chi connectivity index (χ3n) is 2.15. The maximum absolute atomic E-state index is 9.18. The molecule has 0 aliphatic heterocycles. The molecule has 0 bridgehead atoms. The minimum absolute atomic E-state index is 0.319. The molecule has 0 aromatic carbocycles. The van der Waals surface area contributed by atoms with Gasteiger partial charge in [-0.05, 0) is 25.7 Å². The lowest BCUT2D eigenvalue weighted by Crippen LogP contribution is -2.41. The van der Waals surface area contributed by atoms with Crippen molar-refractivity contribution in [2.24, 2.45) is 5.92 Å². The summed E-state index contributed by atoms with van der Waals surface area (Å²) < 4.78 is 0. The van der Waals surface area contributed by atoms with E-state index in [4.69, 9.17) is 0 Å². The number of hydrogen-bond donors (Lipinski definition) is 1. The average Bonchev–Trinajstić information content (AvgIpc) is 1.63. The second-order valence-electron chi connectivity index (χ2n) is 2.80. The third-order valence-corrected chi connectivity index (χ3v) is 2.15. The van der Waals surface area contributed by atoms with Crippen LogP contribution in [0.15, 0.2) is 0 Å². The first-order valence-electron chi connectivity index (χ1n) is 2.85. The van der Waals surface area contributed by atoms with Crippen LogP contribution in [0.4, 0.5) is 0 Å². The molecule has 2 atom stereocenters. The molecule has 1 heteroatoms. The van der Waals surface area contributed by atoms with Crippen LogP contribution in [0.2, 0.25) is 0 Å². The Morgan fingerprint density at radius 1 is 1.71 bits per heavy atom. The Hall–Kier alpha value is -0.0400. The predicted octanol–water partition coefficient (Wildman–Crippen LogP) is 1.17. The van der Waals surface area contributed by atoms with Gasteiger partial charge in [-0.1, -0.05) is 6.92 Å². The zero-order valence-electron chi connectivity index (χ0n) is 4.94. The van der Waals surface area contributed by atoms with E-state index in [9.17, 15) is 5.11 Å². The van der Waals surface area contributed by atoms with Gasteiger partial charge in [-0.15, -0.1) is 0 Å². The molecule has 0 amide bonds. The molecule has 1 saturated carbocycles. The van der Waals surface area contributed by atoms with Crippen LogP contribution in [-0.4, -0.2) is 10.7 Å². The van der Waals surface area contributed by atoms with Gasteiger partial charge in [0.2, 0.25) is 0 Å². The van der Waals surface area contributed by atoms with Gasteiger partial charge in [0.15, 0.2) is 0 Å². The fourth-order valence-electron chi connectivity index (χ4n) is 0.851. The third kappa shape index (κ3) is 0.653. The molecule has 42 valence electrons. The fourth-order valence-corrected chi connectivity index (χ4v) is 0.851. The molecule has 1 aliphatic rings. The maximum Gasteiger partial charge on any atom is 0.0645 e. The Kier molecular flexibility index (Phi) is 0.890. The molecule has 0 radical (unpaired) electrons. The van der Waals surface area contributed by atoms with Crippen molar-refractivity contribution in [2.75, 3.05) is 0 Å². The van der Waals surface area contributed by atoms with E-state index in [0.717, 1.165) is 6.42 Å². The van der Waals surface area contributed by atoms with E-state index in [1.807, 2.05) is 6.92 Å². The molecule has 1 nitrogen and oxygen atoms in total. The van der Waals surface area contributed by atoms with Gasteiger partial charge in [0.25, 0.3) is 0 Å². The van der Waals surface area contributed by atoms with Crippen LogP contribution in [0.5, 0.6) is 0 Å². The normalized spacial score (nSPS) is 51.0. The molecule has 1 aliphatic carbocycles. The SMILES string of the molecule is C[C@@H]1CC[C@]1(C)O. The molecule has 1 fully saturated rings. The van der Waals surface area contributed by atoms with Gasteiger partial charge in [-0.25, -0.2) is 0 Å². The number of rotatable bonds is 0. The Bertz CT molecular complexity index is 76.2. The highest BCUT2D eigenvalue weighted by atomic mass is 16.3. The summed E-state index contributed by atoms with van der Waals surface area (Å²) in [5.74, 6) is 0.535. The lowest BCUT2D eigenvalue weighted by Gasteiger charge is -2.40. The van der Waals surface area contributed by atoms with Gasteiger partial charge in [0.05, 0.1) is 5.60 Å². The molecule has 1 rings (SSSR count). The van der Waals surface area contributed by atoms with Gasteiger partial charge >= 0.3 is 0 Å². The second kappa shape index (κ2) is 1.22. The van der Waals surface area contributed by atoms with Gasteiger partial charge in [0.1, 0.15) is 0 Å². The van der Waals surface area contributed by atoms with Crippen LogP contribution in [0.1, 0.15) is 26.7 Å². The lowest BCUT2D eigenvalue weighted by atomic mass is 9.72. The molecule has 0 aromatic rings. The van der Waals surface area contributed by atoms with E-state index in [-0.39, 0.29) is 5.60 Å². The van der Waals surface area contributed by atoms with Crippen LogP contribution < -0.4 is 0 Å². The van der Waals surface area contributed by atoms with Gasteiger partial charge < -0.3 is 5.11 Å². The molecule has 0 unspecified atom stereocenters. The van der Waals surface area contributed by atoms with Crippen molar-refractivity contribution in [2.45, 2.75) is 32.3 Å². The minimum atomic E-state index is -0.319. The van der Waals surface area contributed by atoms with Crippen LogP contribution in [-0.2, 0) is 0 Å². The summed E-state index contributed by atoms with van der Waals surface area (Å²) in [4.78, 5) is 0. The monoisotopic (exact) mass is 100 g/mol. The number of hydrogen-bond acceptors (Lipinski definition) is 1. The Balaban J connectivity index is 2.43. The summed E-state index contributed by atoms with van der Waals surface area (Å²) in [6.45, 7) is 3.99. The van der Waals surface area contributed by atoms with Crippen LogP contribution in [0, 0.1) is 5.92 Å². The quantitative estimate of drug-likeness (QED) is 0.484. The first kappa shape index (κ1) is 5.10. The summed E-state index contributed by atoms with van der Waals surface area (Å²) in [5.41, 5.74) is -0.319. The molecule has 0 saturated heterocycles. The van der Waals surface area contributed by atoms with Crippen molar-refractivity contribution in [3.63, 3.8) is 0 Å². The van der Waals surface area contributed by atoms with Crippen molar-refractivity contribution < 1.29 is 5.11 Å². The second-order valence-corrected chi connectivity index (χ2v) is 2.80. The summed E-state index contributed by atoms with van der Waals surface area (Å²) in [7, 11) is 0. The first-order chi connectivity index (χ1) is 3.13. The van der Waals surface area contributed by atoms with Crippen LogP contribution >= 0.6 is 0 Å². The number of aliphatic hydroxyl groups is 1. The highest BCUT2D eigenvalue weighted by Gasteiger charge is 2.36. The Morgan fingerprint density at radius 3 is 2.14 bits per heavy atom. The average molecular weight is 100 g/mol. The Morgan fingerprint density at radius 2 is 2.14 bits per heavy atom. The molecular formula is C6H12O. The minimum Gasteiger partial charge on any atom is -0.390 e. The predicted molar refractivity (Wildman–Crippen MR) is 29.0 cm³/mol. The molecule has 0 aromatic heterocycles. The summed E-state index contributed by atoms with van der Waals surface area (Å²) in [6.07, 6.45) is 2.20. The van der Waals surface area contributed by atoms with Crippen molar-refractivity contribution in [1.29, 1.82) is 0 Å². The van der Waals surface area contributed by atoms with E-state index >= 15 is 0 Å². The van der Waals surface area contributed by atoms with Gasteiger partial charge in [0, 0.05) is 0 Å². The molecular weight excluding hydrogens is 88.1 g/mol. The first-order valence-corrected chi connectivity index (χ1v) is 2.85. The smallest absolute Gasteiger partial charge is 0.0645 e. The summed E-state index contributed by atoms with van der Waals surface area (Å²) in [5, 5.41) is 9.18. The lowest BCUT2D eigenvalue weighted by molar-refractivity contribution is -0.0692. The molecule has 0 spiro atoms. The maximum atomic E-state index is 9.18. The van der Waals surface area contributed by atoms with Crippen molar-refractivity contribution in [1.82, 2.24) is 0 Å². The molecule has 7 heavy (non-hydrogen) atoms. The van der Waals surface area contributed by atoms with Crippen molar-refractivity contribution in [3.8, 4) is 0 Å². The van der Waals surface area contributed by atoms with Crippen LogP contribution in [0.25, 0.3) is 0 Å². The van der Waals surface area contributed by atoms with E-state index in [1.54, 1.807) is 0 Å². The largest absolute Gasteiger partial charge is 0.390 e. The van der Waals surface area contributed by atoms with Gasteiger partial charge in [-0.2, -0.15) is 0 Å². The van der Waals surface area contributed by atoms with E-state index in [0.29, 0.717) is 5.92 Å². The molecule has 0 heterocycles. The zero-order chi connectivity index (χ0) is 5.49. The van der Waals surface area contributed by atoms with E-state index in [2.05, 4.69) is 6.92 Å². The van der Waals surface area contributed by atoms with E-state index in [1.165, 1.54) is 6.42 Å². The van der Waals surface area contributed by atoms with E-state index < -0.39 is 0 Å². The summed E-state index contributed by atoms with van der Waals surface area (Å²) >= 11 is 0. The standard InChI is InChI=1S/C6H12O/c1-5-3-4-6(5,2)7/h5,7H,3-4H2,1-2H3/t5-,6+/m1/s1. The van der Waals surface area contributed by atoms with Crippen LogP contribution in [0.3, 0.4) is 0 Å². The highest BCUT2D eigenvalue weighted by Crippen LogP contribution is 2.36. The van der Waals surface area contributed by atoms with Crippen molar-refractivity contribution >= 4 is 0 Å². The molecule has 1 N–H and O–H groups in total. The zero-order valence-corrected chi connectivity index (χ0v) is 4.94. The highest BCUT2D eigenvalue weighted by molar-refractivity contribution is 4.88. The topological polar surface area (TPSA) is 20.2 Å². The summed E-state index contributed by atoms with van der Waals surface area (Å²) in [6, 6.07) is 0. The van der Waals surface area contributed by atoms with Crippen molar-refractivity contribution in [3.05, 3.63) is 0 Å². The fraction of sp³-hybridized carbons (Fsp3) is 1.00.